The van der Waals surface area contributed by atoms with E-state index in [9.17, 15) is 4.79 Å². The molecule has 1 heterocycles. The smallest absolute Gasteiger partial charge is 0.275 e. The van der Waals surface area contributed by atoms with E-state index in [1.54, 1.807) is 5.48 Å². The molecule has 1 amide bonds. The van der Waals surface area contributed by atoms with E-state index < -0.39 is 11.5 Å². The summed E-state index contributed by atoms with van der Waals surface area (Å²) in [6.07, 6.45) is 1.19. The molecule has 1 aliphatic rings. The highest BCUT2D eigenvalue weighted by molar-refractivity contribution is 5.84. The van der Waals surface area contributed by atoms with Gasteiger partial charge in [0.15, 0.2) is 5.60 Å². The van der Waals surface area contributed by atoms with Crippen LogP contribution in [0.3, 0.4) is 0 Å². The van der Waals surface area contributed by atoms with E-state index in [1.165, 1.54) is 7.11 Å². The third-order valence-corrected chi connectivity index (χ3v) is 2.32. The molecule has 0 aromatic rings. The molecule has 0 bridgehead atoms. The van der Waals surface area contributed by atoms with Crippen molar-refractivity contribution in [2.75, 3.05) is 20.2 Å². The predicted octanol–water partition coefficient (Wildman–Crippen LogP) is -0.740. The number of nitrogens with one attached hydrogen (secondary N) is 2. The number of piperidine rings is 1. The van der Waals surface area contributed by atoms with Crippen molar-refractivity contribution in [3.05, 3.63) is 0 Å². The molecule has 70 valence electrons. The molecule has 0 aliphatic carbocycles. The Bertz CT molecular complexity index is 166. The van der Waals surface area contributed by atoms with Crippen molar-refractivity contribution in [1.82, 2.24) is 10.8 Å². The summed E-state index contributed by atoms with van der Waals surface area (Å²) in [5.74, 6) is -0.452. The standard InChI is InChI=1S/C7H14N2O3/c1-12-7(6(10)9-11)2-4-8-5-3-7/h8,11H,2-5H2,1H3,(H,9,10). The molecule has 0 unspecified atom stereocenters. The zero-order valence-electron chi connectivity index (χ0n) is 7.09. The quantitative estimate of drug-likeness (QED) is 0.381. The van der Waals surface area contributed by atoms with Gasteiger partial charge in [0.1, 0.15) is 0 Å². The molecule has 0 atom stereocenters. The SMILES string of the molecule is COC1(C(=O)NO)CCNCC1. The number of amides is 1. The van der Waals surface area contributed by atoms with Crippen LogP contribution in [0.15, 0.2) is 0 Å². The average Bonchev–Trinajstić information content (AvgIpc) is 2.17. The van der Waals surface area contributed by atoms with Gasteiger partial charge in [0, 0.05) is 7.11 Å². The average molecular weight is 174 g/mol. The number of hydroxylamine groups is 1. The Hall–Kier alpha value is -0.650. The highest BCUT2D eigenvalue weighted by atomic mass is 16.5. The number of hydrogen-bond donors (Lipinski definition) is 3. The maximum atomic E-state index is 11.2. The minimum absolute atomic E-state index is 0.452. The molecule has 12 heavy (non-hydrogen) atoms. The van der Waals surface area contributed by atoms with Crippen molar-refractivity contribution in [1.29, 1.82) is 0 Å². The Morgan fingerprint density at radius 1 is 1.58 bits per heavy atom. The fraction of sp³-hybridized carbons (Fsp3) is 0.857. The second-order valence-corrected chi connectivity index (χ2v) is 2.89. The van der Waals surface area contributed by atoms with Crippen molar-refractivity contribution >= 4 is 5.91 Å². The van der Waals surface area contributed by atoms with Gasteiger partial charge in [0.2, 0.25) is 0 Å². The van der Waals surface area contributed by atoms with Crippen LogP contribution in [0.1, 0.15) is 12.8 Å². The normalized spacial score (nSPS) is 21.8. The van der Waals surface area contributed by atoms with Gasteiger partial charge in [-0.2, -0.15) is 0 Å². The summed E-state index contributed by atoms with van der Waals surface area (Å²) in [7, 11) is 1.49. The van der Waals surface area contributed by atoms with Gasteiger partial charge in [-0.3, -0.25) is 10.0 Å². The lowest BCUT2D eigenvalue weighted by atomic mass is 9.91. The number of ether oxygens (including phenoxy) is 1. The molecule has 5 heteroatoms. The molecule has 0 spiro atoms. The van der Waals surface area contributed by atoms with E-state index in [0.717, 1.165) is 13.1 Å². The van der Waals surface area contributed by atoms with Crippen molar-refractivity contribution in [3.63, 3.8) is 0 Å². The molecular formula is C7H14N2O3. The fourth-order valence-corrected chi connectivity index (χ4v) is 1.46. The van der Waals surface area contributed by atoms with Crippen LogP contribution in [0.5, 0.6) is 0 Å². The lowest BCUT2D eigenvalue weighted by Crippen LogP contribution is -2.53. The number of hydrogen-bond acceptors (Lipinski definition) is 4. The first kappa shape index (κ1) is 9.44. The molecule has 0 saturated carbocycles. The lowest BCUT2D eigenvalue weighted by molar-refractivity contribution is -0.155. The van der Waals surface area contributed by atoms with E-state index in [-0.39, 0.29) is 0 Å². The minimum Gasteiger partial charge on any atom is -0.368 e. The van der Waals surface area contributed by atoms with Gasteiger partial charge in [-0.1, -0.05) is 0 Å². The summed E-state index contributed by atoms with van der Waals surface area (Å²) in [5.41, 5.74) is 0.801. The van der Waals surface area contributed by atoms with Crippen molar-refractivity contribution in [3.8, 4) is 0 Å². The van der Waals surface area contributed by atoms with Crippen LogP contribution in [-0.4, -0.2) is 36.9 Å². The van der Waals surface area contributed by atoms with Crippen LogP contribution >= 0.6 is 0 Å². The van der Waals surface area contributed by atoms with E-state index in [4.69, 9.17) is 9.94 Å². The third-order valence-electron chi connectivity index (χ3n) is 2.32. The molecule has 0 radical (unpaired) electrons. The van der Waals surface area contributed by atoms with E-state index >= 15 is 0 Å². The van der Waals surface area contributed by atoms with Gasteiger partial charge in [-0.15, -0.1) is 0 Å². The third kappa shape index (κ3) is 1.57. The van der Waals surface area contributed by atoms with Gasteiger partial charge in [0.25, 0.3) is 5.91 Å². The summed E-state index contributed by atoms with van der Waals surface area (Å²) in [6.45, 7) is 1.47. The molecule has 3 N–H and O–H groups in total. The van der Waals surface area contributed by atoms with Gasteiger partial charge >= 0.3 is 0 Å². The zero-order valence-corrected chi connectivity index (χ0v) is 7.09. The molecule has 1 rings (SSSR count). The zero-order chi connectivity index (χ0) is 9.03. The van der Waals surface area contributed by atoms with Gasteiger partial charge in [0.05, 0.1) is 0 Å². The van der Waals surface area contributed by atoms with Crippen molar-refractivity contribution in [2.45, 2.75) is 18.4 Å². The Morgan fingerprint density at radius 2 is 2.17 bits per heavy atom. The minimum atomic E-state index is -0.833. The van der Waals surface area contributed by atoms with Crippen LogP contribution in [-0.2, 0) is 9.53 Å². The molecule has 0 aromatic heterocycles. The molecular weight excluding hydrogens is 160 g/mol. The van der Waals surface area contributed by atoms with E-state index in [0.29, 0.717) is 12.8 Å². The lowest BCUT2D eigenvalue weighted by Gasteiger charge is -2.33. The second kappa shape index (κ2) is 3.84. The summed E-state index contributed by atoms with van der Waals surface area (Å²) in [4.78, 5) is 11.2. The predicted molar refractivity (Wildman–Crippen MR) is 41.8 cm³/mol. The highest BCUT2D eigenvalue weighted by Crippen LogP contribution is 2.21. The first-order valence-electron chi connectivity index (χ1n) is 3.95. The number of rotatable bonds is 2. The monoisotopic (exact) mass is 174 g/mol. The van der Waals surface area contributed by atoms with Gasteiger partial charge in [-0.05, 0) is 25.9 Å². The topological polar surface area (TPSA) is 70.6 Å². The summed E-state index contributed by atoms with van der Waals surface area (Å²) in [6, 6.07) is 0. The van der Waals surface area contributed by atoms with Crippen molar-refractivity contribution in [2.24, 2.45) is 0 Å². The molecule has 0 aromatic carbocycles. The van der Waals surface area contributed by atoms with Gasteiger partial charge in [-0.25, -0.2) is 5.48 Å². The Labute approximate surface area is 71.0 Å². The maximum absolute atomic E-state index is 11.2. The Kier molecular flexibility index (Phi) is 3.02. The van der Waals surface area contributed by atoms with Crippen LogP contribution in [0.25, 0.3) is 0 Å². The molecule has 1 fully saturated rings. The summed E-state index contributed by atoms with van der Waals surface area (Å²) in [5, 5.41) is 11.6. The summed E-state index contributed by atoms with van der Waals surface area (Å²) >= 11 is 0. The number of carbonyl (C=O) groups is 1. The second-order valence-electron chi connectivity index (χ2n) is 2.89. The Morgan fingerprint density at radius 3 is 2.58 bits per heavy atom. The van der Waals surface area contributed by atoms with Crippen LogP contribution < -0.4 is 10.8 Å². The van der Waals surface area contributed by atoms with Gasteiger partial charge < -0.3 is 10.1 Å². The van der Waals surface area contributed by atoms with Crippen LogP contribution in [0, 0.1) is 0 Å². The molecule has 1 saturated heterocycles. The maximum Gasteiger partial charge on any atom is 0.275 e. The van der Waals surface area contributed by atoms with E-state index in [2.05, 4.69) is 5.32 Å². The van der Waals surface area contributed by atoms with E-state index in [1.807, 2.05) is 0 Å². The number of carbonyl (C=O) groups excluding carboxylic acids is 1. The van der Waals surface area contributed by atoms with Crippen LogP contribution in [0.4, 0.5) is 0 Å². The highest BCUT2D eigenvalue weighted by Gasteiger charge is 2.39. The van der Waals surface area contributed by atoms with Crippen molar-refractivity contribution < 1.29 is 14.7 Å². The first-order valence-corrected chi connectivity index (χ1v) is 3.95. The first-order chi connectivity index (χ1) is 5.75. The van der Waals surface area contributed by atoms with Crippen LogP contribution in [0.2, 0.25) is 0 Å². The molecule has 5 nitrogen and oxygen atoms in total. The Balaban J connectivity index is 2.66. The fourth-order valence-electron chi connectivity index (χ4n) is 1.46. The molecule has 1 aliphatic heterocycles. The summed E-state index contributed by atoms with van der Waals surface area (Å²) < 4.78 is 5.12. The number of methoxy groups -OCH3 is 1. The largest absolute Gasteiger partial charge is 0.368 e.